The molecule has 46 heavy (non-hydrogen) atoms. The molecule has 1 unspecified atom stereocenters. The molecular weight excluding hydrogens is 619 g/mol. The third-order valence-corrected chi connectivity index (χ3v) is 9.57. The first-order chi connectivity index (χ1) is 22.4. The van der Waals surface area contributed by atoms with E-state index in [9.17, 15) is 9.59 Å². The number of hydrogen-bond acceptors (Lipinski definition) is 9. The largest absolute Gasteiger partial charge is 0.454 e. The summed E-state index contributed by atoms with van der Waals surface area (Å²) in [7, 11) is 0. The number of aryl methyl sites for hydroxylation is 1. The summed E-state index contributed by atoms with van der Waals surface area (Å²) in [6, 6.07) is 17.5. The number of thioether (sulfide) groups is 2. The van der Waals surface area contributed by atoms with E-state index in [-0.39, 0.29) is 30.5 Å². The van der Waals surface area contributed by atoms with Crippen LogP contribution in [0.15, 0.2) is 85.2 Å². The minimum absolute atomic E-state index is 0.0110. The summed E-state index contributed by atoms with van der Waals surface area (Å²) in [6.07, 6.45) is 11.9. The number of aromatic nitrogens is 1. The van der Waals surface area contributed by atoms with Crippen molar-refractivity contribution in [1.82, 2.24) is 9.88 Å². The fourth-order valence-corrected chi connectivity index (χ4v) is 7.03. The first kappa shape index (κ1) is 32.9. The van der Waals surface area contributed by atoms with Crippen molar-refractivity contribution in [2.24, 2.45) is 5.73 Å². The first-order valence-electron chi connectivity index (χ1n) is 15.0. The fraction of sp³-hybridized carbons (Fsp3) is 0.257. The lowest BCUT2D eigenvalue weighted by Crippen LogP contribution is -2.40. The Morgan fingerprint density at radius 3 is 2.57 bits per heavy atom. The van der Waals surface area contributed by atoms with E-state index in [0.717, 1.165) is 34.6 Å². The van der Waals surface area contributed by atoms with E-state index in [2.05, 4.69) is 4.98 Å². The van der Waals surface area contributed by atoms with Gasteiger partial charge in [-0.15, -0.1) is 0 Å². The van der Waals surface area contributed by atoms with Gasteiger partial charge >= 0.3 is 0 Å². The molecule has 0 spiro atoms. The summed E-state index contributed by atoms with van der Waals surface area (Å²) in [5.74, 6) is 4.69. The quantitative estimate of drug-likeness (QED) is 0.107. The van der Waals surface area contributed by atoms with Crippen LogP contribution in [0.5, 0.6) is 11.5 Å². The molecule has 1 atom stereocenters. The Morgan fingerprint density at radius 1 is 1.02 bits per heavy atom. The Kier molecular flexibility index (Phi) is 11.6. The molecular formula is C35H37N5O4S2. The molecule has 0 saturated carbocycles. The van der Waals surface area contributed by atoms with E-state index in [4.69, 9.17) is 20.6 Å². The minimum atomic E-state index is -0.324. The number of benzene rings is 2. The highest BCUT2D eigenvalue weighted by Crippen LogP contribution is 2.33. The van der Waals surface area contributed by atoms with E-state index in [1.54, 1.807) is 42.2 Å². The van der Waals surface area contributed by atoms with E-state index in [1.807, 2.05) is 72.1 Å². The number of hydrogen-bond donors (Lipinski definition) is 2. The number of nitrogens with two attached hydrogens (primary N) is 1. The Hall–Kier alpha value is -4.48. The molecule has 1 aromatic heterocycles. The van der Waals surface area contributed by atoms with Crippen molar-refractivity contribution >= 4 is 59.1 Å². The van der Waals surface area contributed by atoms with Gasteiger partial charge < -0.3 is 15.2 Å². The third kappa shape index (κ3) is 8.82. The summed E-state index contributed by atoms with van der Waals surface area (Å²) in [4.78, 5) is 34.4. The van der Waals surface area contributed by atoms with Crippen LogP contribution in [0.2, 0.25) is 0 Å². The van der Waals surface area contributed by atoms with Crippen molar-refractivity contribution in [1.29, 1.82) is 5.41 Å². The van der Waals surface area contributed by atoms with Gasteiger partial charge in [-0.3, -0.25) is 24.8 Å². The zero-order valence-electron chi connectivity index (χ0n) is 25.6. The first-order valence-corrected chi connectivity index (χ1v) is 17.3. The minimum Gasteiger partial charge on any atom is -0.454 e. The molecule has 5 rings (SSSR count). The monoisotopic (exact) mass is 655 g/mol. The lowest BCUT2D eigenvalue weighted by molar-refractivity contribution is -0.122. The van der Waals surface area contributed by atoms with Crippen LogP contribution in [0.4, 0.5) is 5.82 Å². The van der Waals surface area contributed by atoms with Gasteiger partial charge in [0.25, 0.3) is 11.8 Å². The molecule has 2 aliphatic rings. The molecule has 1 fully saturated rings. The van der Waals surface area contributed by atoms with Crippen LogP contribution in [0.3, 0.4) is 0 Å². The normalized spacial score (nSPS) is 15.6. The SMILES string of the molecule is Cc1ccc(/C=C/C(=O)N(c2cc(CSCCN(C(=N)/C=C\N)C(=O)/C=C/c3ccc4c(c3)OCO4)ccn2)C2CCSC2)cc1. The lowest BCUT2D eigenvalue weighted by atomic mass is 10.1. The topological polar surface area (TPSA) is 122 Å². The lowest BCUT2D eigenvalue weighted by Gasteiger charge is -2.27. The second-order valence-corrected chi connectivity index (χ2v) is 13.0. The molecule has 3 N–H and O–H groups in total. The number of fused-ring (bicyclic) bond motifs is 1. The number of nitrogens with zero attached hydrogens (tertiary/aromatic N) is 3. The summed E-state index contributed by atoms with van der Waals surface area (Å²) in [6.45, 7) is 2.54. The molecule has 3 aromatic rings. The zero-order chi connectivity index (χ0) is 32.3. The maximum atomic E-state index is 13.5. The molecule has 0 radical (unpaired) electrons. The predicted molar refractivity (Wildman–Crippen MR) is 188 cm³/mol. The van der Waals surface area contributed by atoms with Gasteiger partial charge in [-0.05, 0) is 84.5 Å². The van der Waals surface area contributed by atoms with E-state index >= 15 is 0 Å². The standard InChI is InChI=1S/C35H37N5O4S2/c1-25-2-4-26(5-3-25)7-11-35(42)40(29-14-18-45-23-29)33-21-28(13-16-38-33)22-46-19-17-39(32(37)12-15-36)34(41)10-8-27-6-9-30-31(20-27)44-24-43-30/h2-13,15-16,20-21,29,37H,14,17-19,22-24,36H2,1H3/b10-8+,11-7+,15-12-,37-32?. The number of ether oxygens (including phenoxy) is 2. The van der Waals surface area contributed by atoms with Crippen LogP contribution in [0.1, 0.15) is 28.7 Å². The van der Waals surface area contributed by atoms with Crippen molar-refractivity contribution in [3.05, 3.63) is 107 Å². The average molecular weight is 656 g/mol. The van der Waals surface area contributed by atoms with E-state index in [0.29, 0.717) is 35.4 Å². The molecule has 2 aromatic carbocycles. The van der Waals surface area contributed by atoms with Crippen LogP contribution in [-0.2, 0) is 15.3 Å². The van der Waals surface area contributed by atoms with Crippen molar-refractivity contribution < 1.29 is 19.1 Å². The van der Waals surface area contributed by atoms with Crippen LogP contribution in [0.25, 0.3) is 12.2 Å². The average Bonchev–Trinajstić information content (AvgIpc) is 3.76. The Morgan fingerprint density at radius 2 is 1.78 bits per heavy atom. The summed E-state index contributed by atoms with van der Waals surface area (Å²) in [5.41, 5.74) is 9.49. The number of pyridine rings is 1. The number of carbonyl (C=O) groups excluding carboxylic acids is 2. The molecule has 238 valence electrons. The predicted octanol–water partition coefficient (Wildman–Crippen LogP) is 5.90. The summed E-state index contributed by atoms with van der Waals surface area (Å²) in [5, 5.41) is 8.36. The Balaban J connectivity index is 1.21. The van der Waals surface area contributed by atoms with Gasteiger partial charge in [-0.1, -0.05) is 35.9 Å². The number of amidine groups is 1. The van der Waals surface area contributed by atoms with Gasteiger partial charge in [0, 0.05) is 48.2 Å². The highest BCUT2D eigenvalue weighted by molar-refractivity contribution is 7.99. The van der Waals surface area contributed by atoms with Gasteiger partial charge in [0.05, 0.1) is 0 Å². The Labute approximate surface area is 278 Å². The Bertz CT molecular complexity index is 1630. The number of rotatable bonds is 12. The van der Waals surface area contributed by atoms with Gasteiger partial charge in [-0.2, -0.15) is 23.5 Å². The molecule has 2 amide bonds. The number of carbonyl (C=O) groups is 2. The maximum Gasteiger partial charge on any atom is 0.252 e. The second kappa shape index (κ2) is 16.2. The van der Waals surface area contributed by atoms with Crippen molar-refractivity contribution in [2.45, 2.75) is 25.1 Å². The molecule has 0 bridgehead atoms. The van der Waals surface area contributed by atoms with Crippen molar-refractivity contribution in [3.8, 4) is 11.5 Å². The molecule has 9 nitrogen and oxygen atoms in total. The molecule has 3 heterocycles. The van der Waals surface area contributed by atoms with Crippen LogP contribution in [0, 0.1) is 12.3 Å². The fourth-order valence-electron chi connectivity index (χ4n) is 4.96. The van der Waals surface area contributed by atoms with Crippen LogP contribution >= 0.6 is 23.5 Å². The molecule has 0 aliphatic carbocycles. The van der Waals surface area contributed by atoms with Crippen molar-refractivity contribution in [2.75, 3.05) is 35.5 Å². The van der Waals surface area contributed by atoms with Crippen LogP contribution < -0.4 is 20.1 Å². The number of anilines is 1. The molecule has 11 heteroatoms. The highest BCUT2D eigenvalue weighted by Gasteiger charge is 2.28. The summed E-state index contributed by atoms with van der Waals surface area (Å²) < 4.78 is 10.8. The van der Waals surface area contributed by atoms with E-state index < -0.39 is 0 Å². The third-order valence-electron chi connectivity index (χ3n) is 7.41. The highest BCUT2D eigenvalue weighted by atomic mass is 32.2. The smallest absolute Gasteiger partial charge is 0.252 e. The van der Waals surface area contributed by atoms with E-state index in [1.165, 1.54) is 28.8 Å². The van der Waals surface area contributed by atoms with Gasteiger partial charge in [0.2, 0.25) is 6.79 Å². The van der Waals surface area contributed by atoms with Gasteiger partial charge in [-0.25, -0.2) is 4.98 Å². The van der Waals surface area contributed by atoms with Gasteiger partial charge in [0.1, 0.15) is 11.7 Å². The second-order valence-electron chi connectivity index (χ2n) is 10.7. The van der Waals surface area contributed by atoms with Crippen LogP contribution in [-0.4, -0.2) is 64.2 Å². The zero-order valence-corrected chi connectivity index (χ0v) is 27.3. The number of nitrogens with one attached hydrogen (secondary N) is 1. The maximum absolute atomic E-state index is 13.5. The van der Waals surface area contributed by atoms with Gasteiger partial charge in [0.15, 0.2) is 11.5 Å². The summed E-state index contributed by atoms with van der Waals surface area (Å²) >= 11 is 3.49. The molecule has 2 aliphatic heterocycles. The van der Waals surface area contributed by atoms with Crippen molar-refractivity contribution in [3.63, 3.8) is 0 Å². The number of amides is 2. The molecule has 1 saturated heterocycles.